The Labute approximate surface area is 104 Å². The number of ether oxygens (including phenoxy) is 1. The van der Waals surface area contributed by atoms with Gasteiger partial charge in [0.1, 0.15) is 11.4 Å². The number of hydrogen-bond donors (Lipinski definition) is 0. The van der Waals surface area contributed by atoms with Crippen molar-refractivity contribution in [2.24, 2.45) is 5.92 Å². The lowest BCUT2D eigenvalue weighted by Crippen LogP contribution is -2.07. The van der Waals surface area contributed by atoms with Crippen LogP contribution in [0.3, 0.4) is 0 Å². The van der Waals surface area contributed by atoms with E-state index in [9.17, 15) is 0 Å². The van der Waals surface area contributed by atoms with Gasteiger partial charge in [-0.15, -0.1) is 0 Å². The lowest BCUT2D eigenvalue weighted by atomic mass is 9.98. The van der Waals surface area contributed by atoms with E-state index < -0.39 is 0 Å². The predicted octanol–water partition coefficient (Wildman–Crippen LogP) is 3.12. The predicted molar refractivity (Wildman–Crippen MR) is 68.5 cm³/mol. The van der Waals surface area contributed by atoms with Crippen molar-refractivity contribution in [1.82, 2.24) is 10.2 Å². The van der Waals surface area contributed by atoms with E-state index in [1.165, 1.54) is 12.0 Å². The molecule has 1 aliphatic rings. The van der Waals surface area contributed by atoms with E-state index in [1.807, 2.05) is 0 Å². The molecule has 1 unspecified atom stereocenters. The van der Waals surface area contributed by atoms with Gasteiger partial charge in [0.15, 0.2) is 0 Å². The van der Waals surface area contributed by atoms with Crippen molar-refractivity contribution in [3.8, 4) is 5.75 Å². The topological polar surface area (TPSA) is 35.0 Å². The van der Waals surface area contributed by atoms with Crippen molar-refractivity contribution in [2.75, 3.05) is 6.61 Å². The number of hydrogen-bond acceptors (Lipinski definition) is 3. The molecule has 17 heavy (non-hydrogen) atoms. The van der Waals surface area contributed by atoms with E-state index in [1.54, 1.807) is 0 Å². The van der Waals surface area contributed by atoms with Crippen molar-refractivity contribution < 1.29 is 4.74 Å². The van der Waals surface area contributed by atoms with Gasteiger partial charge in [-0.25, -0.2) is 0 Å². The zero-order chi connectivity index (χ0) is 12.4. The molecule has 2 heterocycles. The Kier molecular flexibility index (Phi) is 3.65. The summed E-state index contributed by atoms with van der Waals surface area (Å²) in [6.07, 6.45) is 3.14. The van der Waals surface area contributed by atoms with Gasteiger partial charge in [0, 0.05) is 12.0 Å². The molecule has 0 aromatic carbocycles. The fourth-order valence-electron chi connectivity index (χ4n) is 2.25. The van der Waals surface area contributed by atoms with Crippen molar-refractivity contribution in [3.63, 3.8) is 0 Å². The van der Waals surface area contributed by atoms with Crippen LogP contribution in [0, 0.1) is 5.92 Å². The molecule has 0 N–H and O–H groups in total. The molecular formula is C14H22N2O. The highest BCUT2D eigenvalue weighted by Crippen LogP contribution is 2.34. The molecule has 1 aromatic heterocycles. The lowest BCUT2D eigenvalue weighted by molar-refractivity contribution is 0.348. The summed E-state index contributed by atoms with van der Waals surface area (Å²) in [7, 11) is 0. The molecule has 94 valence electrons. The van der Waals surface area contributed by atoms with E-state index in [0.29, 0.717) is 11.8 Å². The average Bonchev–Trinajstić information content (AvgIpc) is 2.77. The fourth-order valence-corrected chi connectivity index (χ4v) is 2.25. The second kappa shape index (κ2) is 5.03. The van der Waals surface area contributed by atoms with Gasteiger partial charge in [-0.1, -0.05) is 34.1 Å². The molecular weight excluding hydrogens is 212 g/mol. The summed E-state index contributed by atoms with van der Waals surface area (Å²) in [4.78, 5) is 0. The zero-order valence-electron chi connectivity index (χ0n) is 11.3. The molecule has 3 nitrogen and oxygen atoms in total. The maximum absolute atomic E-state index is 5.76. The monoisotopic (exact) mass is 234 g/mol. The third-order valence-electron chi connectivity index (χ3n) is 3.51. The summed E-state index contributed by atoms with van der Waals surface area (Å²) in [5, 5.41) is 8.79. The van der Waals surface area contributed by atoms with Gasteiger partial charge in [-0.2, -0.15) is 10.2 Å². The molecule has 3 heteroatoms. The van der Waals surface area contributed by atoms with E-state index >= 15 is 0 Å². The average molecular weight is 234 g/mol. The number of rotatable bonds is 4. The molecule has 0 spiro atoms. The van der Waals surface area contributed by atoms with E-state index in [2.05, 4.69) is 37.9 Å². The number of nitrogens with zero attached hydrogens (tertiary/aromatic N) is 2. The van der Waals surface area contributed by atoms with Crippen molar-refractivity contribution >= 4 is 0 Å². The molecule has 1 aromatic rings. The van der Waals surface area contributed by atoms with Crippen LogP contribution in [0.1, 0.15) is 57.0 Å². The van der Waals surface area contributed by atoms with Gasteiger partial charge >= 0.3 is 0 Å². The first-order valence-corrected chi connectivity index (χ1v) is 6.64. The van der Waals surface area contributed by atoms with Crippen LogP contribution in [0.4, 0.5) is 0 Å². The highest BCUT2D eigenvalue weighted by atomic mass is 16.5. The molecule has 0 saturated heterocycles. The van der Waals surface area contributed by atoms with Crippen LogP contribution in [0.2, 0.25) is 0 Å². The molecule has 1 aliphatic heterocycles. The SMILES string of the molecule is CCC(C)Cc1nnc(C(C)C)c2c1OCC2. The highest BCUT2D eigenvalue weighted by Gasteiger charge is 2.24. The van der Waals surface area contributed by atoms with Gasteiger partial charge < -0.3 is 4.74 Å². The van der Waals surface area contributed by atoms with Crippen molar-refractivity contribution in [2.45, 2.75) is 52.9 Å². The summed E-state index contributed by atoms with van der Waals surface area (Å²) in [5.41, 5.74) is 3.47. The lowest BCUT2D eigenvalue weighted by Gasteiger charge is -2.13. The minimum absolute atomic E-state index is 0.426. The Morgan fingerprint density at radius 2 is 2.00 bits per heavy atom. The van der Waals surface area contributed by atoms with E-state index in [-0.39, 0.29) is 0 Å². The summed E-state index contributed by atoms with van der Waals surface area (Å²) in [5.74, 6) is 2.10. The summed E-state index contributed by atoms with van der Waals surface area (Å²) in [6, 6.07) is 0. The van der Waals surface area contributed by atoms with Gasteiger partial charge in [0.25, 0.3) is 0 Å². The van der Waals surface area contributed by atoms with Crippen LogP contribution < -0.4 is 4.74 Å². The Hall–Kier alpha value is -1.12. The summed E-state index contributed by atoms with van der Waals surface area (Å²) >= 11 is 0. The van der Waals surface area contributed by atoms with Crippen LogP contribution in [-0.2, 0) is 12.8 Å². The molecule has 0 saturated carbocycles. The maximum Gasteiger partial charge on any atom is 0.147 e. The first-order valence-electron chi connectivity index (χ1n) is 6.64. The highest BCUT2D eigenvalue weighted by molar-refractivity contribution is 5.43. The van der Waals surface area contributed by atoms with Gasteiger partial charge in [0.05, 0.1) is 12.3 Å². The molecule has 0 amide bonds. The van der Waals surface area contributed by atoms with Gasteiger partial charge in [-0.05, 0) is 18.3 Å². The first-order chi connectivity index (χ1) is 8.13. The second-order valence-electron chi connectivity index (χ2n) is 5.31. The standard InChI is InChI=1S/C14H22N2O/c1-5-10(4)8-12-14-11(6-7-17-14)13(9(2)3)16-15-12/h9-10H,5-8H2,1-4H3. The Balaban J connectivity index is 2.34. The molecule has 0 fully saturated rings. The van der Waals surface area contributed by atoms with E-state index in [0.717, 1.165) is 36.6 Å². The summed E-state index contributed by atoms with van der Waals surface area (Å²) < 4.78 is 5.76. The van der Waals surface area contributed by atoms with Crippen LogP contribution >= 0.6 is 0 Å². The number of fused-ring (bicyclic) bond motifs is 1. The van der Waals surface area contributed by atoms with Gasteiger partial charge in [0.2, 0.25) is 0 Å². The largest absolute Gasteiger partial charge is 0.491 e. The van der Waals surface area contributed by atoms with Gasteiger partial charge in [-0.3, -0.25) is 0 Å². The van der Waals surface area contributed by atoms with Crippen molar-refractivity contribution in [1.29, 1.82) is 0 Å². The fraction of sp³-hybridized carbons (Fsp3) is 0.714. The maximum atomic E-state index is 5.76. The quantitative estimate of drug-likeness (QED) is 0.803. The van der Waals surface area contributed by atoms with Crippen molar-refractivity contribution in [3.05, 3.63) is 17.0 Å². The second-order valence-corrected chi connectivity index (χ2v) is 5.31. The third kappa shape index (κ3) is 2.43. The molecule has 2 rings (SSSR count). The molecule has 0 radical (unpaired) electrons. The smallest absolute Gasteiger partial charge is 0.147 e. The number of aromatic nitrogens is 2. The van der Waals surface area contributed by atoms with Crippen LogP contribution in [0.5, 0.6) is 5.75 Å². The van der Waals surface area contributed by atoms with E-state index in [4.69, 9.17) is 4.74 Å². The zero-order valence-corrected chi connectivity index (χ0v) is 11.3. The minimum atomic E-state index is 0.426. The molecule has 1 atom stereocenters. The minimum Gasteiger partial charge on any atom is -0.491 e. The summed E-state index contributed by atoms with van der Waals surface area (Å²) in [6.45, 7) is 9.57. The Morgan fingerprint density at radius 1 is 1.24 bits per heavy atom. The van der Waals surface area contributed by atoms with Crippen LogP contribution in [-0.4, -0.2) is 16.8 Å². The first kappa shape index (κ1) is 12.3. The molecule has 0 aliphatic carbocycles. The van der Waals surface area contributed by atoms with Crippen LogP contribution in [0.15, 0.2) is 0 Å². The molecule has 0 bridgehead atoms. The van der Waals surface area contributed by atoms with Crippen LogP contribution in [0.25, 0.3) is 0 Å². The Morgan fingerprint density at radius 3 is 2.65 bits per heavy atom. The normalized spacial score (nSPS) is 15.8. The Bertz CT molecular complexity index is 401. The third-order valence-corrected chi connectivity index (χ3v) is 3.51.